The van der Waals surface area contributed by atoms with Crippen molar-refractivity contribution in [3.8, 4) is 28.6 Å². The highest BCUT2D eigenvalue weighted by Gasteiger charge is 2.34. The van der Waals surface area contributed by atoms with E-state index >= 15 is 0 Å². The summed E-state index contributed by atoms with van der Waals surface area (Å²) in [6.45, 7) is 0. The predicted molar refractivity (Wildman–Crippen MR) is 130 cm³/mol. The van der Waals surface area contributed by atoms with E-state index in [4.69, 9.17) is 0 Å². The normalized spacial score (nSPS) is 14.7. The van der Waals surface area contributed by atoms with E-state index in [1.165, 1.54) is 0 Å². The van der Waals surface area contributed by atoms with Crippen LogP contribution < -0.4 is 0 Å². The third-order valence-electron chi connectivity index (χ3n) is 6.91. The number of fused-ring (bicyclic) bond motifs is 2. The molecule has 3 aromatic heterocycles. The average molecular weight is 453 g/mol. The van der Waals surface area contributed by atoms with Crippen LogP contribution in [0.4, 0.5) is 0 Å². The zero-order valence-corrected chi connectivity index (χ0v) is 18.5. The topological polar surface area (TPSA) is 104 Å². The van der Waals surface area contributed by atoms with Gasteiger partial charge in [-0.25, -0.2) is 4.98 Å². The molecule has 0 aliphatic heterocycles. The fourth-order valence-corrected chi connectivity index (χ4v) is 5.22. The third-order valence-corrected chi connectivity index (χ3v) is 6.91. The molecule has 6 rings (SSSR count). The SMILES string of the molecule is O=C(c1c(O)c(O)n(-c2ccc3nc[nH]c3c2)c1-c1ccnc2ccccc12)C1CCCCC1. The number of nitrogens with zero attached hydrogens (tertiary/aromatic N) is 3. The van der Waals surface area contributed by atoms with Crippen LogP contribution in [0.1, 0.15) is 42.5 Å². The van der Waals surface area contributed by atoms with Crippen molar-refractivity contribution in [1.82, 2.24) is 19.5 Å². The number of imidazole rings is 1. The van der Waals surface area contributed by atoms with E-state index in [1.807, 2.05) is 48.5 Å². The molecule has 3 N–H and O–H groups in total. The Kier molecular flexibility index (Phi) is 4.83. The van der Waals surface area contributed by atoms with Crippen LogP contribution in [-0.2, 0) is 0 Å². The Bertz CT molecular complexity index is 1540. The van der Waals surface area contributed by atoms with Crippen LogP contribution >= 0.6 is 0 Å². The molecule has 2 aromatic carbocycles. The number of ketones is 1. The lowest BCUT2D eigenvalue weighted by Crippen LogP contribution is -2.18. The first-order valence-corrected chi connectivity index (χ1v) is 11.6. The molecule has 170 valence electrons. The molecular formula is C27H24N4O3. The standard InChI is InChI=1S/C27H24N4O3/c32-25(16-6-2-1-3-7-16)23-24(19-12-13-28-20-9-5-4-8-18(19)20)31(27(34)26(23)33)17-10-11-21-22(14-17)30-15-29-21/h4-5,8-16,33-34H,1-3,6-7H2,(H,29,30). The number of pyridine rings is 1. The van der Waals surface area contributed by atoms with Gasteiger partial charge in [0.25, 0.3) is 0 Å². The summed E-state index contributed by atoms with van der Waals surface area (Å²) in [7, 11) is 0. The van der Waals surface area contributed by atoms with E-state index in [1.54, 1.807) is 17.1 Å². The van der Waals surface area contributed by atoms with Gasteiger partial charge in [0.15, 0.2) is 11.5 Å². The van der Waals surface area contributed by atoms with Gasteiger partial charge in [-0.05, 0) is 43.2 Å². The molecule has 1 fully saturated rings. The summed E-state index contributed by atoms with van der Waals surface area (Å²) in [6, 6.07) is 15.0. The second kappa shape index (κ2) is 8.02. The summed E-state index contributed by atoms with van der Waals surface area (Å²) in [5, 5.41) is 23.2. The molecule has 0 bridgehead atoms. The van der Waals surface area contributed by atoms with Crippen molar-refractivity contribution in [2.24, 2.45) is 5.92 Å². The van der Waals surface area contributed by atoms with E-state index in [2.05, 4.69) is 15.0 Å². The Morgan fingerprint density at radius 3 is 2.65 bits per heavy atom. The molecule has 1 aliphatic rings. The number of hydrogen-bond acceptors (Lipinski definition) is 5. The lowest BCUT2D eigenvalue weighted by Gasteiger charge is -2.21. The number of nitrogens with one attached hydrogen (secondary N) is 1. The Balaban J connectivity index is 1.66. The lowest BCUT2D eigenvalue weighted by atomic mass is 9.83. The first kappa shape index (κ1) is 20.5. The van der Waals surface area contributed by atoms with Crippen molar-refractivity contribution in [3.63, 3.8) is 0 Å². The van der Waals surface area contributed by atoms with Gasteiger partial charge in [-0.2, -0.15) is 0 Å². The quantitative estimate of drug-likeness (QED) is 0.302. The number of carbonyl (C=O) groups excluding carboxylic acids is 1. The van der Waals surface area contributed by atoms with Crippen LogP contribution in [0, 0.1) is 5.92 Å². The molecule has 1 saturated carbocycles. The number of carbonyl (C=O) groups is 1. The molecule has 34 heavy (non-hydrogen) atoms. The molecule has 0 radical (unpaired) electrons. The van der Waals surface area contributed by atoms with Gasteiger partial charge in [-0.15, -0.1) is 0 Å². The Morgan fingerprint density at radius 2 is 1.79 bits per heavy atom. The minimum atomic E-state index is -0.379. The van der Waals surface area contributed by atoms with Gasteiger partial charge in [0, 0.05) is 23.1 Å². The summed E-state index contributed by atoms with van der Waals surface area (Å²) in [6.07, 6.45) is 7.99. The van der Waals surface area contributed by atoms with E-state index in [9.17, 15) is 15.0 Å². The Labute approximate surface area is 195 Å². The van der Waals surface area contributed by atoms with Crippen molar-refractivity contribution in [1.29, 1.82) is 0 Å². The van der Waals surface area contributed by atoms with E-state index in [0.29, 0.717) is 11.4 Å². The second-order valence-electron chi connectivity index (χ2n) is 8.91. The molecule has 0 saturated heterocycles. The molecule has 7 heteroatoms. The number of benzene rings is 2. The first-order chi connectivity index (χ1) is 16.6. The fraction of sp³-hybridized carbons (Fsp3) is 0.222. The minimum Gasteiger partial charge on any atom is -0.503 e. The van der Waals surface area contributed by atoms with Crippen molar-refractivity contribution < 1.29 is 15.0 Å². The first-order valence-electron chi connectivity index (χ1n) is 11.6. The average Bonchev–Trinajstić information content (AvgIpc) is 3.45. The summed E-state index contributed by atoms with van der Waals surface area (Å²) in [5.41, 5.74) is 4.33. The number of hydrogen-bond donors (Lipinski definition) is 3. The van der Waals surface area contributed by atoms with Gasteiger partial charge in [0.2, 0.25) is 5.88 Å². The van der Waals surface area contributed by atoms with Crippen molar-refractivity contribution in [2.75, 3.05) is 0 Å². The highest BCUT2D eigenvalue weighted by molar-refractivity contribution is 6.10. The number of aromatic amines is 1. The molecule has 1 aliphatic carbocycles. The highest BCUT2D eigenvalue weighted by Crippen LogP contribution is 2.46. The molecule has 0 spiro atoms. The summed E-state index contributed by atoms with van der Waals surface area (Å²) in [5.74, 6) is -1.02. The largest absolute Gasteiger partial charge is 0.503 e. The van der Waals surface area contributed by atoms with Gasteiger partial charge in [-0.1, -0.05) is 37.5 Å². The molecular weight excluding hydrogens is 428 g/mol. The number of Topliss-reactive ketones (excluding diaryl/α,β-unsaturated/α-hetero) is 1. The molecule has 3 heterocycles. The van der Waals surface area contributed by atoms with Crippen LogP contribution in [0.15, 0.2) is 61.1 Å². The lowest BCUT2D eigenvalue weighted by molar-refractivity contribution is 0.0887. The molecule has 7 nitrogen and oxygen atoms in total. The Hall–Kier alpha value is -4.13. The van der Waals surface area contributed by atoms with Gasteiger partial charge in [0.1, 0.15) is 0 Å². The zero-order valence-electron chi connectivity index (χ0n) is 18.5. The van der Waals surface area contributed by atoms with Gasteiger partial charge in [-0.3, -0.25) is 14.3 Å². The number of para-hydroxylation sites is 1. The maximum Gasteiger partial charge on any atom is 0.240 e. The third kappa shape index (κ3) is 3.15. The van der Waals surface area contributed by atoms with Crippen molar-refractivity contribution in [3.05, 3.63) is 66.6 Å². The van der Waals surface area contributed by atoms with E-state index in [-0.39, 0.29) is 28.9 Å². The fourth-order valence-electron chi connectivity index (χ4n) is 5.22. The number of H-pyrrole nitrogens is 1. The summed E-state index contributed by atoms with van der Waals surface area (Å²) >= 11 is 0. The van der Waals surface area contributed by atoms with Crippen LogP contribution in [-0.4, -0.2) is 35.5 Å². The van der Waals surface area contributed by atoms with Crippen molar-refractivity contribution >= 4 is 27.7 Å². The summed E-state index contributed by atoms with van der Waals surface area (Å²) < 4.78 is 1.56. The maximum atomic E-state index is 13.8. The smallest absolute Gasteiger partial charge is 0.240 e. The highest BCUT2D eigenvalue weighted by atomic mass is 16.3. The van der Waals surface area contributed by atoms with E-state index < -0.39 is 0 Å². The number of aromatic nitrogens is 4. The Morgan fingerprint density at radius 1 is 0.971 bits per heavy atom. The molecule has 0 unspecified atom stereocenters. The number of aromatic hydroxyl groups is 2. The zero-order chi connectivity index (χ0) is 23.2. The van der Waals surface area contributed by atoms with E-state index in [0.717, 1.165) is 59.6 Å². The van der Waals surface area contributed by atoms with Crippen LogP contribution in [0.5, 0.6) is 11.6 Å². The second-order valence-corrected chi connectivity index (χ2v) is 8.91. The van der Waals surface area contributed by atoms with Crippen LogP contribution in [0.2, 0.25) is 0 Å². The maximum absolute atomic E-state index is 13.8. The van der Waals surface area contributed by atoms with Crippen LogP contribution in [0.25, 0.3) is 38.9 Å². The van der Waals surface area contributed by atoms with Crippen molar-refractivity contribution in [2.45, 2.75) is 32.1 Å². The van der Waals surface area contributed by atoms with Gasteiger partial charge in [0.05, 0.1) is 39.8 Å². The molecule has 0 atom stereocenters. The monoisotopic (exact) mass is 452 g/mol. The van der Waals surface area contributed by atoms with Gasteiger partial charge >= 0.3 is 0 Å². The summed E-state index contributed by atoms with van der Waals surface area (Å²) in [4.78, 5) is 25.6. The number of rotatable bonds is 4. The van der Waals surface area contributed by atoms with Gasteiger partial charge < -0.3 is 15.2 Å². The molecule has 5 aromatic rings. The predicted octanol–water partition coefficient (Wildman–Crippen LogP) is 5.74. The molecule has 0 amide bonds. The minimum absolute atomic E-state index is 0.121. The van der Waals surface area contributed by atoms with Crippen LogP contribution in [0.3, 0.4) is 0 Å².